The van der Waals surface area contributed by atoms with Gasteiger partial charge in [0.15, 0.2) is 0 Å². The SMILES string of the molecule is CN1CCN(CCC(F)(F)F)CC12CCN(C(=O)CC1CCCC1)CC2. The molecular formula is C19H32F3N3O. The third-order valence-corrected chi connectivity index (χ3v) is 6.78. The van der Waals surface area contributed by atoms with Crippen molar-refractivity contribution in [3.8, 4) is 0 Å². The summed E-state index contributed by atoms with van der Waals surface area (Å²) in [6, 6.07) is 0. The van der Waals surface area contributed by atoms with Crippen molar-refractivity contribution in [1.29, 1.82) is 0 Å². The average molecular weight is 375 g/mol. The molecule has 0 unspecified atom stereocenters. The molecule has 4 nitrogen and oxygen atoms in total. The molecule has 26 heavy (non-hydrogen) atoms. The summed E-state index contributed by atoms with van der Waals surface area (Å²) in [7, 11) is 2.08. The second-order valence-electron chi connectivity index (χ2n) is 8.52. The molecule has 2 saturated heterocycles. The van der Waals surface area contributed by atoms with Gasteiger partial charge in [0.05, 0.1) is 6.42 Å². The van der Waals surface area contributed by atoms with Crippen molar-refractivity contribution >= 4 is 5.91 Å². The number of nitrogens with zero attached hydrogens (tertiary/aromatic N) is 3. The Balaban J connectivity index is 1.51. The number of alkyl halides is 3. The number of piperidine rings is 1. The number of halogens is 3. The molecule has 1 spiro atoms. The molecule has 1 saturated carbocycles. The minimum Gasteiger partial charge on any atom is -0.343 e. The van der Waals surface area contributed by atoms with Crippen LogP contribution in [-0.4, -0.2) is 78.6 Å². The van der Waals surface area contributed by atoms with E-state index < -0.39 is 12.6 Å². The second-order valence-corrected chi connectivity index (χ2v) is 8.52. The van der Waals surface area contributed by atoms with E-state index in [2.05, 4.69) is 11.9 Å². The second kappa shape index (κ2) is 8.05. The molecule has 2 aliphatic heterocycles. The molecule has 0 bridgehead atoms. The number of piperazine rings is 1. The van der Waals surface area contributed by atoms with Crippen molar-refractivity contribution < 1.29 is 18.0 Å². The number of carbonyl (C=O) groups is 1. The zero-order valence-electron chi connectivity index (χ0n) is 15.9. The first-order chi connectivity index (χ1) is 12.3. The fourth-order valence-electron chi connectivity index (χ4n) is 4.92. The monoisotopic (exact) mass is 375 g/mol. The number of carbonyl (C=O) groups excluding carboxylic acids is 1. The molecule has 0 aromatic carbocycles. The molecule has 1 amide bonds. The van der Waals surface area contributed by atoms with Crippen molar-refractivity contribution in [3.05, 3.63) is 0 Å². The number of likely N-dealkylation sites (tertiary alicyclic amines) is 1. The Morgan fingerprint density at radius 3 is 2.35 bits per heavy atom. The summed E-state index contributed by atoms with van der Waals surface area (Å²) in [6.07, 6.45) is 2.44. The predicted octanol–water partition coefficient (Wildman–Crippen LogP) is 3.13. The van der Waals surface area contributed by atoms with Crippen LogP contribution in [0.25, 0.3) is 0 Å². The Bertz CT molecular complexity index is 483. The highest BCUT2D eigenvalue weighted by atomic mass is 19.4. The highest BCUT2D eigenvalue weighted by molar-refractivity contribution is 5.76. The summed E-state index contributed by atoms with van der Waals surface area (Å²) in [5, 5.41) is 0. The van der Waals surface area contributed by atoms with Crippen molar-refractivity contribution in [1.82, 2.24) is 14.7 Å². The van der Waals surface area contributed by atoms with Crippen molar-refractivity contribution in [2.45, 2.75) is 63.1 Å². The number of rotatable bonds is 4. The van der Waals surface area contributed by atoms with E-state index in [0.717, 1.165) is 32.5 Å². The number of amides is 1. The summed E-state index contributed by atoms with van der Waals surface area (Å²) in [5.74, 6) is 0.841. The van der Waals surface area contributed by atoms with Gasteiger partial charge in [-0.25, -0.2) is 0 Å². The molecule has 1 aliphatic carbocycles. The first-order valence-electron chi connectivity index (χ1n) is 10.1. The van der Waals surface area contributed by atoms with Crippen LogP contribution >= 0.6 is 0 Å². The van der Waals surface area contributed by atoms with E-state index in [9.17, 15) is 18.0 Å². The van der Waals surface area contributed by atoms with Gasteiger partial charge in [0.25, 0.3) is 0 Å². The van der Waals surface area contributed by atoms with E-state index in [4.69, 9.17) is 0 Å². The molecule has 3 rings (SSSR count). The van der Waals surface area contributed by atoms with E-state index in [0.29, 0.717) is 25.4 Å². The van der Waals surface area contributed by atoms with Crippen molar-refractivity contribution in [3.63, 3.8) is 0 Å². The van der Waals surface area contributed by atoms with Crippen molar-refractivity contribution in [2.24, 2.45) is 5.92 Å². The summed E-state index contributed by atoms with van der Waals surface area (Å²) in [6.45, 7) is 3.74. The van der Waals surface area contributed by atoms with E-state index in [1.54, 1.807) is 0 Å². The number of likely N-dealkylation sites (N-methyl/N-ethyl adjacent to an activating group) is 1. The Labute approximate surface area is 154 Å². The zero-order valence-corrected chi connectivity index (χ0v) is 15.9. The van der Waals surface area contributed by atoms with Crippen LogP contribution in [0.4, 0.5) is 13.2 Å². The molecule has 7 heteroatoms. The van der Waals surface area contributed by atoms with Gasteiger partial charge in [-0.2, -0.15) is 13.2 Å². The van der Waals surface area contributed by atoms with E-state index in [-0.39, 0.29) is 18.0 Å². The third kappa shape index (κ3) is 4.91. The van der Waals surface area contributed by atoms with Gasteiger partial charge >= 0.3 is 6.18 Å². The van der Waals surface area contributed by atoms with E-state index in [1.165, 1.54) is 25.7 Å². The first kappa shape index (κ1) is 19.9. The summed E-state index contributed by atoms with van der Waals surface area (Å²) in [5.41, 5.74) is -0.0754. The van der Waals surface area contributed by atoms with Crippen LogP contribution in [0.1, 0.15) is 51.4 Å². The predicted molar refractivity (Wildman–Crippen MR) is 94.9 cm³/mol. The van der Waals surface area contributed by atoms with Gasteiger partial charge in [0.1, 0.15) is 0 Å². The quantitative estimate of drug-likeness (QED) is 0.755. The van der Waals surface area contributed by atoms with Crippen LogP contribution in [0.5, 0.6) is 0 Å². The fourth-order valence-corrected chi connectivity index (χ4v) is 4.92. The Hall–Kier alpha value is -0.820. The smallest absolute Gasteiger partial charge is 0.343 e. The number of hydrogen-bond acceptors (Lipinski definition) is 3. The maximum atomic E-state index is 12.6. The van der Waals surface area contributed by atoms with Crippen LogP contribution in [0.2, 0.25) is 0 Å². The number of hydrogen-bond donors (Lipinski definition) is 0. The van der Waals surface area contributed by atoms with Gasteiger partial charge < -0.3 is 4.90 Å². The van der Waals surface area contributed by atoms with Crippen LogP contribution < -0.4 is 0 Å². The fraction of sp³-hybridized carbons (Fsp3) is 0.947. The van der Waals surface area contributed by atoms with Gasteiger partial charge in [0, 0.05) is 51.2 Å². The molecular weight excluding hydrogens is 343 g/mol. The Morgan fingerprint density at radius 1 is 1.08 bits per heavy atom. The maximum absolute atomic E-state index is 12.6. The molecule has 0 radical (unpaired) electrons. The first-order valence-corrected chi connectivity index (χ1v) is 10.1. The summed E-state index contributed by atoms with van der Waals surface area (Å²) >= 11 is 0. The van der Waals surface area contributed by atoms with Crippen LogP contribution in [0, 0.1) is 5.92 Å². The topological polar surface area (TPSA) is 26.8 Å². The van der Waals surface area contributed by atoms with Crippen LogP contribution in [0.3, 0.4) is 0 Å². The largest absolute Gasteiger partial charge is 0.390 e. The lowest BCUT2D eigenvalue weighted by molar-refractivity contribution is -0.143. The molecule has 3 aliphatic rings. The summed E-state index contributed by atoms with van der Waals surface area (Å²) < 4.78 is 37.6. The molecule has 150 valence electrons. The van der Waals surface area contributed by atoms with Gasteiger partial charge in [0.2, 0.25) is 5.91 Å². The van der Waals surface area contributed by atoms with Crippen LogP contribution in [-0.2, 0) is 4.79 Å². The molecule has 0 atom stereocenters. The van der Waals surface area contributed by atoms with Gasteiger partial charge in [-0.3, -0.25) is 14.6 Å². The highest BCUT2D eigenvalue weighted by Gasteiger charge is 2.43. The lowest BCUT2D eigenvalue weighted by Crippen LogP contribution is -2.64. The lowest BCUT2D eigenvalue weighted by atomic mass is 9.83. The Morgan fingerprint density at radius 2 is 1.73 bits per heavy atom. The van der Waals surface area contributed by atoms with Gasteiger partial charge in [-0.15, -0.1) is 0 Å². The van der Waals surface area contributed by atoms with Gasteiger partial charge in [-0.1, -0.05) is 12.8 Å². The minimum atomic E-state index is -4.09. The molecule has 0 aromatic heterocycles. The summed E-state index contributed by atoms with van der Waals surface area (Å²) in [4.78, 5) is 18.8. The minimum absolute atomic E-state index is 0.0754. The average Bonchev–Trinajstić information content (AvgIpc) is 3.09. The van der Waals surface area contributed by atoms with Crippen molar-refractivity contribution in [2.75, 3.05) is 46.3 Å². The standard InChI is InChI=1S/C19H32F3N3O/c1-23-12-13-24(9-8-19(20,21)22)15-18(23)6-10-25(11-7-18)17(26)14-16-4-2-3-5-16/h16H,2-15H2,1H3. The van der Waals surface area contributed by atoms with Crippen LogP contribution in [0.15, 0.2) is 0 Å². The lowest BCUT2D eigenvalue weighted by Gasteiger charge is -2.53. The van der Waals surface area contributed by atoms with E-state index >= 15 is 0 Å². The molecule has 2 heterocycles. The molecule has 3 fully saturated rings. The Kier molecular flexibility index (Phi) is 6.17. The molecule has 0 aromatic rings. The maximum Gasteiger partial charge on any atom is 0.390 e. The van der Waals surface area contributed by atoms with E-state index in [1.807, 2.05) is 9.80 Å². The zero-order chi connectivity index (χ0) is 18.8. The van der Waals surface area contributed by atoms with Gasteiger partial charge in [-0.05, 0) is 38.6 Å². The third-order valence-electron chi connectivity index (χ3n) is 6.78. The highest BCUT2D eigenvalue weighted by Crippen LogP contribution is 2.34. The normalized spacial score (nSPS) is 25.9. The molecule has 0 N–H and O–H groups in total.